The SMILES string of the molecule is NC(=S)c1cn[nH]c1NC(=O)c1csc(Br)c1. The van der Waals surface area contributed by atoms with Gasteiger partial charge in [0.05, 0.1) is 21.1 Å². The Kier molecular flexibility index (Phi) is 3.55. The van der Waals surface area contributed by atoms with Crippen LogP contribution in [0.5, 0.6) is 0 Å². The second-order valence-electron chi connectivity index (χ2n) is 3.12. The van der Waals surface area contributed by atoms with Gasteiger partial charge in [-0.05, 0) is 22.0 Å². The Labute approximate surface area is 115 Å². The lowest BCUT2D eigenvalue weighted by molar-refractivity contribution is 0.102. The predicted octanol–water partition coefficient (Wildman–Crippen LogP) is 2.12. The number of nitrogens with one attached hydrogen (secondary N) is 2. The minimum Gasteiger partial charge on any atom is -0.389 e. The Morgan fingerprint density at radius 3 is 3.00 bits per heavy atom. The molecule has 0 saturated carbocycles. The second kappa shape index (κ2) is 4.94. The number of H-pyrrole nitrogens is 1. The average Bonchev–Trinajstić information content (AvgIpc) is 2.86. The van der Waals surface area contributed by atoms with Crippen molar-refractivity contribution in [2.24, 2.45) is 5.73 Å². The number of carbonyl (C=O) groups is 1. The number of amides is 1. The summed E-state index contributed by atoms with van der Waals surface area (Å²) in [5, 5.41) is 10.8. The summed E-state index contributed by atoms with van der Waals surface area (Å²) in [6.45, 7) is 0. The van der Waals surface area contributed by atoms with Crippen LogP contribution in [0.4, 0.5) is 5.82 Å². The van der Waals surface area contributed by atoms with Gasteiger partial charge in [-0.15, -0.1) is 11.3 Å². The smallest absolute Gasteiger partial charge is 0.257 e. The maximum Gasteiger partial charge on any atom is 0.257 e. The largest absolute Gasteiger partial charge is 0.389 e. The van der Waals surface area contributed by atoms with Crippen LogP contribution in [0.2, 0.25) is 0 Å². The Bertz CT molecular complexity index is 577. The van der Waals surface area contributed by atoms with Gasteiger partial charge in [0.1, 0.15) is 10.8 Å². The summed E-state index contributed by atoms with van der Waals surface area (Å²) in [5.41, 5.74) is 6.57. The van der Waals surface area contributed by atoms with Gasteiger partial charge in [-0.1, -0.05) is 12.2 Å². The number of thiophene rings is 1. The molecule has 0 bridgehead atoms. The van der Waals surface area contributed by atoms with E-state index in [1.165, 1.54) is 17.5 Å². The number of nitrogens with two attached hydrogens (primary N) is 1. The topological polar surface area (TPSA) is 83.8 Å². The van der Waals surface area contributed by atoms with E-state index >= 15 is 0 Å². The first-order valence-corrected chi connectivity index (χ1v) is 6.54. The molecule has 0 aliphatic rings. The van der Waals surface area contributed by atoms with Crippen molar-refractivity contribution < 1.29 is 4.79 Å². The molecule has 0 saturated heterocycles. The van der Waals surface area contributed by atoms with Crippen molar-refractivity contribution in [1.82, 2.24) is 10.2 Å². The van der Waals surface area contributed by atoms with Gasteiger partial charge in [0.25, 0.3) is 5.91 Å². The third-order valence-corrected chi connectivity index (χ3v) is 3.70. The van der Waals surface area contributed by atoms with Crippen molar-refractivity contribution >= 4 is 56.2 Å². The van der Waals surface area contributed by atoms with E-state index in [2.05, 4.69) is 31.4 Å². The van der Waals surface area contributed by atoms with Crippen molar-refractivity contribution in [1.29, 1.82) is 0 Å². The molecule has 0 aliphatic heterocycles. The van der Waals surface area contributed by atoms with E-state index in [4.69, 9.17) is 18.0 Å². The highest BCUT2D eigenvalue weighted by Crippen LogP contribution is 2.21. The highest BCUT2D eigenvalue weighted by molar-refractivity contribution is 9.11. The van der Waals surface area contributed by atoms with Gasteiger partial charge >= 0.3 is 0 Å². The number of hydrogen-bond donors (Lipinski definition) is 3. The van der Waals surface area contributed by atoms with Crippen LogP contribution >= 0.6 is 39.5 Å². The van der Waals surface area contributed by atoms with Crippen LogP contribution in [0, 0.1) is 0 Å². The third kappa shape index (κ3) is 2.71. The number of hydrogen-bond acceptors (Lipinski definition) is 4. The molecule has 0 unspecified atom stereocenters. The molecule has 17 heavy (non-hydrogen) atoms. The zero-order chi connectivity index (χ0) is 12.4. The molecular weight excluding hydrogens is 324 g/mol. The Morgan fingerprint density at radius 2 is 2.41 bits per heavy atom. The molecule has 2 aromatic heterocycles. The van der Waals surface area contributed by atoms with Gasteiger partial charge in [-0.25, -0.2) is 0 Å². The van der Waals surface area contributed by atoms with Crippen molar-refractivity contribution in [3.8, 4) is 0 Å². The molecule has 0 aliphatic carbocycles. The van der Waals surface area contributed by atoms with Gasteiger partial charge in [0.2, 0.25) is 0 Å². The summed E-state index contributed by atoms with van der Waals surface area (Å²) >= 11 is 9.57. The predicted molar refractivity (Wildman–Crippen MR) is 74.4 cm³/mol. The molecule has 0 spiro atoms. The fourth-order valence-electron chi connectivity index (χ4n) is 1.18. The summed E-state index contributed by atoms with van der Waals surface area (Å²) in [4.78, 5) is 12.0. The maximum atomic E-state index is 11.8. The number of aromatic amines is 1. The number of thiocarbonyl (C=S) groups is 1. The van der Waals surface area contributed by atoms with Crippen LogP contribution in [0.25, 0.3) is 0 Å². The van der Waals surface area contributed by atoms with E-state index < -0.39 is 0 Å². The van der Waals surface area contributed by atoms with E-state index in [1.54, 1.807) is 11.4 Å². The molecule has 8 heteroatoms. The van der Waals surface area contributed by atoms with Crippen LogP contribution in [0.15, 0.2) is 21.4 Å². The number of aromatic nitrogens is 2. The van der Waals surface area contributed by atoms with Crippen molar-refractivity contribution in [3.05, 3.63) is 32.6 Å². The zero-order valence-electron chi connectivity index (χ0n) is 8.36. The van der Waals surface area contributed by atoms with Gasteiger partial charge in [0, 0.05) is 5.38 Å². The van der Waals surface area contributed by atoms with E-state index in [9.17, 15) is 4.79 Å². The Hall–Kier alpha value is -1.25. The van der Waals surface area contributed by atoms with E-state index in [0.29, 0.717) is 16.9 Å². The Balaban J connectivity index is 2.18. The molecule has 0 radical (unpaired) electrons. The van der Waals surface area contributed by atoms with Gasteiger partial charge < -0.3 is 11.1 Å². The highest BCUT2D eigenvalue weighted by Gasteiger charge is 2.13. The van der Waals surface area contributed by atoms with Crippen LogP contribution in [-0.2, 0) is 0 Å². The molecule has 0 atom stereocenters. The molecule has 1 amide bonds. The zero-order valence-corrected chi connectivity index (χ0v) is 11.6. The lowest BCUT2D eigenvalue weighted by Gasteiger charge is -2.02. The molecule has 2 heterocycles. The molecule has 2 aromatic rings. The summed E-state index contributed by atoms with van der Waals surface area (Å²) in [6, 6.07) is 1.73. The van der Waals surface area contributed by atoms with E-state index in [0.717, 1.165) is 3.79 Å². The normalized spacial score (nSPS) is 10.2. The lowest BCUT2D eigenvalue weighted by Crippen LogP contribution is -2.16. The first-order chi connectivity index (χ1) is 8.08. The van der Waals surface area contributed by atoms with Crippen LogP contribution in [0.3, 0.4) is 0 Å². The van der Waals surface area contributed by atoms with E-state index in [1.807, 2.05) is 0 Å². The number of carbonyl (C=O) groups excluding carboxylic acids is 1. The minimum atomic E-state index is -0.242. The number of nitrogens with zero attached hydrogens (tertiary/aromatic N) is 1. The summed E-state index contributed by atoms with van der Waals surface area (Å²) in [5.74, 6) is 0.165. The number of halogens is 1. The summed E-state index contributed by atoms with van der Waals surface area (Å²) in [6.07, 6.45) is 1.47. The number of anilines is 1. The van der Waals surface area contributed by atoms with Crippen molar-refractivity contribution in [2.75, 3.05) is 5.32 Å². The van der Waals surface area contributed by atoms with Crippen LogP contribution in [-0.4, -0.2) is 21.1 Å². The number of rotatable bonds is 3. The standard InChI is InChI=1S/C9H7BrN4OS2/c10-6-1-4(3-17-6)9(15)13-8-5(7(11)16)2-12-14-8/h1-3H,(H2,11,16)(H2,12,13,14,15). The quantitative estimate of drug-likeness (QED) is 0.752. The monoisotopic (exact) mass is 330 g/mol. The summed E-state index contributed by atoms with van der Waals surface area (Å²) < 4.78 is 0.891. The van der Waals surface area contributed by atoms with Crippen molar-refractivity contribution in [3.63, 3.8) is 0 Å². The Morgan fingerprint density at radius 1 is 1.65 bits per heavy atom. The van der Waals surface area contributed by atoms with Crippen molar-refractivity contribution in [2.45, 2.75) is 0 Å². The molecule has 0 fully saturated rings. The minimum absolute atomic E-state index is 0.181. The molecule has 5 nitrogen and oxygen atoms in total. The first-order valence-electron chi connectivity index (χ1n) is 4.46. The molecular formula is C9H7BrN4OS2. The van der Waals surface area contributed by atoms with Gasteiger partial charge in [-0.3, -0.25) is 9.89 Å². The second-order valence-corrected chi connectivity index (χ2v) is 5.85. The first kappa shape index (κ1) is 12.2. The lowest BCUT2D eigenvalue weighted by atomic mass is 10.3. The average molecular weight is 331 g/mol. The molecule has 88 valence electrons. The van der Waals surface area contributed by atoms with Gasteiger partial charge in [-0.2, -0.15) is 5.10 Å². The third-order valence-electron chi connectivity index (χ3n) is 1.97. The fourth-order valence-corrected chi connectivity index (χ4v) is 2.47. The molecule has 4 N–H and O–H groups in total. The molecule has 2 rings (SSSR count). The van der Waals surface area contributed by atoms with E-state index in [-0.39, 0.29) is 10.9 Å². The highest BCUT2D eigenvalue weighted by atomic mass is 79.9. The van der Waals surface area contributed by atoms with Crippen LogP contribution < -0.4 is 11.1 Å². The maximum absolute atomic E-state index is 11.8. The summed E-state index contributed by atoms with van der Waals surface area (Å²) in [7, 11) is 0. The fraction of sp³-hybridized carbons (Fsp3) is 0. The van der Waals surface area contributed by atoms with Crippen LogP contribution in [0.1, 0.15) is 15.9 Å². The van der Waals surface area contributed by atoms with Gasteiger partial charge in [0.15, 0.2) is 0 Å². The molecule has 0 aromatic carbocycles.